The summed E-state index contributed by atoms with van der Waals surface area (Å²) in [6, 6.07) is 9.47. The third kappa shape index (κ3) is 6.18. The Morgan fingerprint density at radius 1 is 1.13 bits per heavy atom. The molecule has 0 aromatic heterocycles. The van der Waals surface area contributed by atoms with E-state index < -0.39 is 6.10 Å². The van der Waals surface area contributed by atoms with Crippen molar-refractivity contribution in [3.05, 3.63) is 30.3 Å². The first kappa shape index (κ1) is 18.8. The Bertz CT molecular complexity index is 507. The van der Waals surface area contributed by atoms with Gasteiger partial charge in [-0.2, -0.15) is 0 Å². The second-order valence-electron chi connectivity index (χ2n) is 5.86. The van der Waals surface area contributed by atoms with Crippen molar-refractivity contribution >= 4 is 11.7 Å². The molecule has 0 aliphatic heterocycles. The molecule has 0 aliphatic carbocycles. The zero-order valence-electron chi connectivity index (χ0n) is 14.5. The predicted octanol–water partition coefficient (Wildman–Crippen LogP) is 2.39. The van der Waals surface area contributed by atoms with E-state index in [9.17, 15) is 4.79 Å². The molecule has 0 fully saturated rings. The van der Waals surface area contributed by atoms with Crippen molar-refractivity contribution < 1.29 is 14.4 Å². The molecule has 6 nitrogen and oxygen atoms in total. The van der Waals surface area contributed by atoms with E-state index in [0.717, 1.165) is 0 Å². The summed E-state index contributed by atoms with van der Waals surface area (Å²) in [5.74, 6) is 0.755. The highest BCUT2D eigenvalue weighted by Crippen LogP contribution is 2.10. The number of hydrogen-bond donors (Lipinski definition) is 1. The molecule has 0 saturated carbocycles. The predicted molar refractivity (Wildman–Crippen MR) is 91.2 cm³/mol. The second kappa shape index (κ2) is 9.02. The van der Waals surface area contributed by atoms with Crippen LogP contribution in [0.4, 0.5) is 0 Å². The minimum atomic E-state index is -0.699. The molecule has 23 heavy (non-hydrogen) atoms. The van der Waals surface area contributed by atoms with Crippen LogP contribution in [0.1, 0.15) is 34.6 Å². The van der Waals surface area contributed by atoms with Gasteiger partial charge < -0.3 is 20.2 Å². The van der Waals surface area contributed by atoms with Gasteiger partial charge in [-0.15, -0.1) is 0 Å². The van der Waals surface area contributed by atoms with Gasteiger partial charge in [-0.05, 0) is 46.8 Å². The van der Waals surface area contributed by atoms with Gasteiger partial charge in [0.1, 0.15) is 12.4 Å². The fourth-order valence-corrected chi connectivity index (χ4v) is 2.21. The normalized spacial score (nSPS) is 13.1. The molecule has 1 aromatic carbocycles. The van der Waals surface area contributed by atoms with E-state index in [-0.39, 0.29) is 30.4 Å². The van der Waals surface area contributed by atoms with Gasteiger partial charge in [0, 0.05) is 12.1 Å². The van der Waals surface area contributed by atoms with Crippen molar-refractivity contribution in [3.8, 4) is 5.75 Å². The van der Waals surface area contributed by atoms with Crippen LogP contribution in [0.3, 0.4) is 0 Å². The lowest BCUT2D eigenvalue weighted by atomic mass is 10.2. The fourth-order valence-electron chi connectivity index (χ4n) is 2.21. The number of amides is 1. The SMILES string of the molecule is CC(ON=C(N)COc1ccccc1)C(=O)N(C(C)C)C(C)C. The number of carbonyl (C=O) groups excluding carboxylic acids is 1. The first-order valence-corrected chi connectivity index (χ1v) is 7.81. The maximum Gasteiger partial charge on any atom is 0.266 e. The number of carbonyl (C=O) groups is 1. The van der Waals surface area contributed by atoms with Crippen LogP contribution < -0.4 is 10.5 Å². The quantitative estimate of drug-likeness (QED) is 0.453. The molecule has 1 rings (SSSR count). The molecule has 128 valence electrons. The van der Waals surface area contributed by atoms with E-state index in [1.54, 1.807) is 11.8 Å². The second-order valence-corrected chi connectivity index (χ2v) is 5.86. The lowest BCUT2D eigenvalue weighted by molar-refractivity contribution is -0.146. The van der Waals surface area contributed by atoms with Crippen LogP contribution >= 0.6 is 0 Å². The Kier molecular flexibility index (Phi) is 7.38. The number of nitrogens with zero attached hydrogens (tertiary/aromatic N) is 2. The van der Waals surface area contributed by atoms with Crippen LogP contribution in [0.25, 0.3) is 0 Å². The number of para-hydroxylation sites is 1. The number of rotatable bonds is 8. The number of oxime groups is 1. The van der Waals surface area contributed by atoms with Gasteiger partial charge >= 0.3 is 0 Å². The van der Waals surface area contributed by atoms with Crippen LogP contribution in [0.2, 0.25) is 0 Å². The van der Waals surface area contributed by atoms with E-state index >= 15 is 0 Å². The van der Waals surface area contributed by atoms with Gasteiger partial charge in [0.25, 0.3) is 5.91 Å². The Balaban J connectivity index is 2.52. The zero-order chi connectivity index (χ0) is 17.4. The van der Waals surface area contributed by atoms with Gasteiger partial charge in [0.15, 0.2) is 5.84 Å². The average molecular weight is 321 g/mol. The van der Waals surface area contributed by atoms with Crippen LogP contribution in [-0.2, 0) is 9.63 Å². The molecule has 1 amide bonds. The minimum absolute atomic E-state index is 0.0938. The molecular weight excluding hydrogens is 294 g/mol. The molecule has 0 radical (unpaired) electrons. The van der Waals surface area contributed by atoms with Gasteiger partial charge in [0.05, 0.1) is 0 Å². The minimum Gasteiger partial charge on any atom is -0.486 e. The van der Waals surface area contributed by atoms with Gasteiger partial charge in [-0.25, -0.2) is 0 Å². The number of ether oxygens (including phenoxy) is 1. The molecule has 0 spiro atoms. The lowest BCUT2D eigenvalue weighted by Crippen LogP contribution is -2.46. The monoisotopic (exact) mass is 321 g/mol. The molecule has 0 heterocycles. The van der Waals surface area contributed by atoms with Crippen molar-refractivity contribution in [2.24, 2.45) is 10.9 Å². The molecule has 1 atom stereocenters. The summed E-state index contributed by atoms with van der Waals surface area (Å²) < 4.78 is 5.45. The lowest BCUT2D eigenvalue weighted by Gasteiger charge is -2.32. The summed E-state index contributed by atoms with van der Waals surface area (Å²) in [6.07, 6.45) is -0.699. The average Bonchev–Trinajstić information content (AvgIpc) is 2.50. The van der Waals surface area contributed by atoms with Crippen LogP contribution in [-0.4, -0.2) is 41.4 Å². The summed E-state index contributed by atoms with van der Waals surface area (Å²) in [4.78, 5) is 19.4. The Morgan fingerprint density at radius 3 is 2.22 bits per heavy atom. The first-order valence-electron chi connectivity index (χ1n) is 7.81. The number of benzene rings is 1. The van der Waals surface area contributed by atoms with Crippen LogP contribution in [0.5, 0.6) is 5.75 Å². The smallest absolute Gasteiger partial charge is 0.266 e. The fraction of sp³-hybridized carbons (Fsp3) is 0.529. The highest BCUT2D eigenvalue weighted by atomic mass is 16.6. The number of hydrogen-bond acceptors (Lipinski definition) is 4. The number of amidine groups is 1. The van der Waals surface area contributed by atoms with E-state index in [1.807, 2.05) is 58.0 Å². The van der Waals surface area contributed by atoms with E-state index in [1.165, 1.54) is 0 Å². The molecule has 6 heteroatoms. The summed E-state index contributed by atoms with van der Waals surface area (Å²) >= 11 is 0. The van der Waals surface area contributed by atoms with Crippen LogP contribution in [0, 0.1) is 0 Å². The molecule has 1 unspecified atom stereocenters. The number of nitrogens with two attached hydrogens (primary N) is 1. The largest absolute Gasteiger partial charge is 0.486 e. The maximum absolute atomic E-state index is 12.4. The Labute approximate surface area is 138 Å². The third-order valence-electron chi connectivity index (χ3n) is 3.17. The molecule has 2 N–H and O–H groups in total. The van der Waals surface area contributed by atoms with Crippen LogP contribution in [0.15, 0.2) is 35.5 Å². The maximum atomic E-state index is 12.4. The molecule has 0 bridgehead atoms. The standard InChI is InChI=1S/C17H27N3O3/c1-12(2)20(13(3)4)17(21)14(5)23-19-16(18)11-22-15-9-7-6-8-10-15/h6-10,12-14H,11H2,1-5H3,(H2,18,19). The highest BCUT2D eigenvalue weighted by Gasteiger charge is 2.26. The van der Waals surface area contributed by atoms with E-state index in [0.29, 0.717) is 5.75 Å². The van der Waals surface area contributed by atoms with Crippen molar-refractivity contribution in [1.82, 2.24) is 4.90 Å². The molecular formula is C17H27N3O3. The molecule has 0 aliphatic rings. The third-order valence-corrected chi connectivity index (χ3v) is 3.17. The Morgan fingerprint density at radius 2 is 1.70 bits per heavy atom. The molecule has 0 saturated heterocycles. The summed E-state index contributed by atoms with van der Waals surface area (Å²) in [6.45, 7) is 9.63. The first-order chi connectivity index (χ1) is 10.8. The topological polar surface area (TPSA) is 77.1 Å². The zero-order valence-corrected chi connectivity index (χ0v) is 14.5. The summed E-state index contributed by atoms with van der Waals surface area (Å²) in [5, 5.41) is 3.78. The summed E-state index contributed by atoms with van der Waals surface area (Å²) in [5.41, 5.74) is 5.74. The van der Waals surface area contributed by atoms with Crippen molar-refractivity contribution in [2.45, 2.75) is 52.8 Å². The summed E-state index contributed by atoms with van der Waals surface area (Å²) in [7, 11) is 0. The van der Waals surface area contributed by atoms with Crippen molar-refractivity contribution in [3.63, 3.8) is 0 Å². The van der Waals surface area contributed by atoms with Gasteiger partial charge in [-0.1, -0.05) is 23.4 Å². The van der Waals surface area contributed by atoms with Gasteiger partial charge in [0.2, 0.25) is 6.10 Å². The van der Waals surface area contributed by atoms with Crippen molar-refractivity contribution in [2.75, 3.05) is 6.61 Å². The molecule has 1 aromatic rings. The highest BCUT2D eigenvalue weighted by molar-refractivity contribution is 5.82. The van der Waals surface area contributed by atoms with Crippen molar-refractivity contribution in [1.29, 1.82) is 0 Å². The van der Waals surface area contributed by atoms with Gasteiger partial charge in [-0.3, -0.25) is 4.79 Å². The van der Waals surface area contributed by atoms with E-state index in [2.05, 4.69) is 5.16 Å². The Hall–Kier alpha value is -2.24. The van der Waals surface area contributed by atoms with E-state index in [4.69, 9.17) is 15.3 Å².